The minimum Gasteiger partial charge on any atom is -0.320 e. The molecule has 0 aromatic carbocycles. The van der Waals surface area contributed by atoms with Gasteiger partial charge < -0.3 is 20.1 Å². The van der Waals surface area contributed by atoms with Gasteiger partial charge in [-0.25, -0.2) is 0 Å². The minimum absolute atomic E-state index is 0.153. The first-order chi connectivity index (χ1) is 8.20. The highest BCUT2D eigenvalue weighted by atomic mass is 16.9. The summed E-state index contributed by atoms with van der Waals surface area (Å²) in [6.07, 6.45) is 8.16. The molecule has 2 heterocycles. The number of piperazine rings is 1. The summed E-state index contributed by atoms with van der Waals surface area (Å²) >= 11 is 0. The second-order valence-corrected chi connectivity index (χ2v) is 5.42. The van der Waals surface area contributed by atoms with Crippen molar-refractivity contribution < 1.29 is 9.47 Å². The molecule has 1 spiro atoms. The number of hydrogen-bond donors (Lipinski definition) is 2. The molecule has 2 fully saturated rings. The Labute approximate surface area is 102 Å². The SMILES string of the molecule is CC1(CC2=CC=CC3(C2)OCO3)CNCCN1. The van der Waals surface area contributed by atoms with Gasteiger partial charge in [-0.1, -0.05) is 17.7 Å². The topological polar surface area (TPSA) is 42.5 Å². The van der Waals surface area contributed by atoms with E-state index in [2.05, 4.69) is 29.7 Å². The van der Waals surface area contributed by atoms with Crippen molar-refractivity contribution in [2.75, 3.05) is 26.4 Å². The summed E-state index contributed by atoms with van der Waals surface area (Å²) < 4.78 is 11.1. The van der Waals surface area contributed by atoms with Crippen LogP contribution >= 0.6 is 0 Å². The molecule has 0 amide bonds. The van der Waals surface area contributed by atoms with Gasteiger partial charge in [-0.2, -0.15) is 0 Å². The molecule has 2 aliphatic heterocycles. The zero-order valence-corrected chi connectivity index (χ0v) is 10.3. The highest BCUT2D eigenvalue weighted by Gasteiger charge is 2.40. The maximum atomic E-state index is 5.53. The van der Waals surface area contributed by atoms with Gasteiger partial charge in [0.25, 0.3) is 0 Å². The van der Waals surface area contributed by atoms with E-state index >= 15 is 0 Å². The van der Waals surface area contributed by atoms with Crippen LogP contribution in [0, 0.1) is 0 Å². The first kappa shape index (κ1) is 11.4. The number of rotatable bonds is 2. The van der Waals surface area contributed by atoms with Gasteiger partial charge in [-0.3, -0.25) is 0 Å². The summed E-state index contributed by atoms with van der Waals surface area (Å²) in [5.74, 6) is -0.442. The van der Waals surface area contributed by atoms with Crippen LogP contribution in [-0.2, 0) is 9.47 Å². The standard InChI is InChI=1S/C13H20N2O2/c1-12(9-14-5-6-15-12)7-11-3-2-4-13(8-11)16-10-17-13/h2-4,14-15H,5-10H2,1H3. The van der Waals surface area contributed by atoms with Crippen molar-refractivity contribution in [3.8, 4) is 0 Å². The lowest BCUT2D eigenvalue weighted by molar-refractivity contribution is -0.371. The van der Waals surface area contributed by atoms with Gasteiger partial charge in [-0.05, 0) is 19.4 Å². The third-order valence-electron chi connectivity index (χ3n) is 3.75. The molecule has 94 valence electrons. The Bertz CT molecular complexity index is 352. The lowest BCUT2D eigenvalue weighted by atomic mass is 9.86. The van der Waals surface area contributed by atoms with Crippen molar-refractivity contribution in [1.82, 2.24) is 10.6 Å². The molecule has 3 aliphatic rings. The van der Waals surface area contributed by atoms with E-state index in [-0.39, 0.29) is 5.54 Å². The summed E-state index contributed by atoms with van der Waals surface area (Å²) in [5, 5.41) is 7.04. The molecule has 4 heteroatoms. The van der Waals surface area contributed by atoms with Crippen LogP contribution in [0.3, 0.4) is 0 Å². The third kappa shape index (κ3) is 2.31. The van der Waals surface area contributed by atoms with Crippen LogP contribution < -0.4 is 10.6 Å². The Kier molecular flexibility index (Phi) is 2.83. The highest BCUT2D eigenvalue weighted by Crippen LogP contribution is 2.36. The van der Waals surface area contributed by atoms with Crippen LogP contribution in [0.2, 0.25) is 0 Å². The van der Waals surface area contributed by atoms with Crippen LogP contribution in [0.4, 0.5) is 0 Å². The van der Waals surface area contributed by atoms with Crippen LogP contribution in [0.1, 0.15) is 19.8 Å². The zero-order valence-electron chi connectivity index (χ0n) is 10.3. The molecule has 17 heavy (non-hydrogen) atoms. The fourth-order valence-electron chi connectivity index (χ4n) is 2.80. The van der Waals surface area contributed by atoms with Gasteiger partial charge >= 0.3 is 0 Å². The highest BCUT2D eigenvalue weighted by molar-refractivity contribution is 5.26. The van der Waals surface area contributed by atoms with Crippen molar-refractivity contribution in [1.29, 1.82) is 0 Å². The summed E-state index contributed by atoms with van der Waals surface area (Å²) in [5.41, 5.74) is 1.55. The molecule has 0 radical (unpaired) electrons. The van der Waals surface area contributed by atoms with Crippen LogP contribution in [0.25, 0.3) is 0 Å². The smallest absolute Gasteiger partial charge is 0.197 e. The minimum atomic E-state index is -0.442. The lowest BCUT2D eigenvalue weighted by Crippen LogP contribution is -2.57. The number of ether oxygens (including phenoxy) is 2. The van der Waals surface area contributed by atoms with Crippen LogP contribution in [-0.4, -0.2) is 37.8 Å². The van der Waals surface area contributed by atoms with Crippen LogP contribution in [0.15, 0.2) is 23.8 Å². The quantitative estimate of drug-likeness (QED) is 0.748. The van der Waals surface area contributed by atoms with Crippen molar-refractivity contribution >= 4 is 0 Å². The third-order valence-corrected chi connectivity index (χ3v) is 3.75. The Balaban J connectivity index is 1.65. The van der Waals surface area contributed by atoms with E-state index in [0.717, 1.165) is 32.5 Å². The van der Waals surface area contributed by atoms with Crippen molar-refractivity contribution in [3.05, 3.63) is 23.8 Å². The first-order valence-electron chi connectivity index (χ1n) is 6.31. The van der Waals surface area contributed by atoms with E-state index in [1.54, 1.807) is 0 Å². The molecular formula is C13H20N2O2. The molecule has 0 aromatic rings. The normalized spacial score (nSPS) is 35.5. The predicted octanol–water partition coefficient (Wildman–Crippen LogP) is 0.915. The molecule has 4 nitrogen and oxygen atoms in total. The molecule has 0 bridgehead atoms. The summed E-state index contributed by atoms with van der Waals surface area (Å²) in [6.45, 7) is 5.81. The Morgan fingerprint density at radius 2 is 2.24 bits per heavy atom. The monoisotopic (exact) mass is 236 g/mol. The maximum Gasteiger partial charge on any atom is 0.197 e. The molecule has 1 aliphatic carbocycles. The van der Waals surface area contributed by atoms with Crippen molar-refractivity contribution in [2.45, 2.75) is 31.1 Å². The number of nitrogens with one attached hydrogen (secondary N) is 2. The Morgan fingerprint density at radius 1 is 1.35 bits per heavy atom. The maximum absolute atomic E-state index is 5.53. The van der Waals surface area contributed by atoms with E-state index in [4.69, 9.17) is 9.47 Å². The van der Waals surface area contributed by atoms with Gasteiger partial charge in [0.1, 0.15) is 0 Å². The average molecular weight is 236 g/mol. The second-order valence-electron chi connectivity index (χ2n) is 5.42. The van der Waals surface area contributed by atoms with Crippen LogP contribution in [0.5, 0.6) is 0 Å². The zero-order chi connectivity index (χ0) is 11.8. The first-order valence-corrected chi connectivity index (χ1v) is 6.31. The number of allylic oxidation sites excluding steroid dienone is 2. The molecule has 2 N–H and O–H groups in total. The van der Waals surface area contributed by atoms with E-state index < -0.39 is 5.79 Å². The van der Waals surface area contributed by atoms with Gasteiger partial charge in [0.2, 0.25) is 0 Å². The van der Waals surface area contributed by atoms with Gasteiger partial charge in [0.15, 0.2) is 12.6 Å². The fraction of sp³-hybridized carbons (Fsp3) is 0.692. The van der Waals surface area contributed by atoms with E-state index in [9.17, 15) is 0 Å². The molecule has 0 aromatic heterocycles. The van der Waals surface area contributed by atoms with Crippen molar-refractivity contribution in [3.63, 3.8) is 0 Å². The van der Waals surface area contributed by atoms with Crippen molar-refractivity contribution in [2.24, 2.45) is 0 Å². The Morgan fingerprint density at radius 3 is 2.88 bits per heavy atom. The Hall–Kier alpha value is -0.680. The molecule has 2 saturated heterocycles. The molecule has 0 saturated carbocycles. The lowest BCUT2D eigenvalue weighted by Gasteiger charge is -2.43. The predicted molar refractivity (Wildman–Crippen MR) is 65.5 cm³/mol. The summed E-state index contributed by atoms with van der Waals surface area (Å²) in [7, 11) is 0. The van der Waals surface area contributed by atoms with Gasteiger partial charge in [0.05, 0.1) is 0 Å². The molecule has 1 unspecified atom stereocenters. The molecular weight excluding hydrogens is 216 g/mol. The largest absolute Gasteiger partial charge is 0.320 e. The fourth-order valence-corrected chi connectivity index (χ4v) is 2.80. The summed E-state index contributed by atoms with van der Waals surface area (Å²) in [4.78, 5) is 0. The second kappa shape index (κ2) is 4.21. The molecule has 3 rings (SSSR count). The summed E-state index contributed by atoms with van der Waals surface area (Å²) in [6, 6.07) is 0. The van der Waals surface area contributed by atoms with E-state index in [1.165, 1.54) is 5.57 Å². The molecule has 1 atom stereocenters. The van der Waals surface area contributed by atoms with Gasteiger partial charge in [0, 0.05) is 31.6 Å². The van der Waals surface area contributed by atoms with E-state index in [0.29, 0.717) is 6.79 Å². The average Bonchev–Trinajstić information content (AvgIpc) is 2.28. The van der Waals surface area contributed by atoms with E-state index in [1.807, 2.05) is 6.08 Å². The van der Waals surface area contributed by atoms with Gasteiger partial charge in [-0.15, -0.1) is 0 Å². The number of hydrogen-bond acceptors (Lipinski definition) is 4.